The molecule has 0 aromatic rings. The van der Waals surface area contributed by atoms with Gasteiger partial charge >= 0.3 is 24.9 Å². The van der Waals surface area contributed by atoms with Gasteiger partial charge in [0.05, 0.1) is 0 Å². The first kappa shape index (κ1) is 22.7. The first-order valence-electron chi connectivity index (χ1n) is 1.56. The van der Waals surface area contributed by atoms with Gasteiger partial charge < -0.3 is 28.4 Å². The van der Waals surface area contributed by atoms with E-state index in [0.29, 0.717) is 0 Å². The monoisotopic (exact) mass is 160 g/mol. The minimum absolute atomic E-state index is 0. The molecule has 6 nitrogen and oxygen atoms in total. The number of rotatable bonds is 0. The molecular formula is C2H9LiN4O2S. The molecule has 56 valence electrons. The molecule has 0 radical (unpaired) electrons. The molecule has 0 heterocycles. The maximum Gasteiger partial charge on any atom is 1.00 e. The van der Waals surface area contributed by atoms with Crippen LogP contribution in [0.2, 0.25) is 0 Å². The molecule has 0 aliphatic rings. The molecule has 0 aliphatic heterocycles. The van der Waals surface area contributed by atoms with Gasteiger partial charge in [-0.3, -0.25) is 0 Å². The van der Waals surface area contributed by atoms with Gasteiger partial charge in [0.25, 0.3) is 0 Å². The van der Waals surface area contributed by atoms with Crippen molar-refractivity contribution in [2.24, 2.45) is 22.9 Å². The fraction of sp³-hybridized carbons (Fsp3) is 0. The molecule has 0 saturated carbocycles. The Balaban J connectivity index is -0.0000000300. The minimum Gasteiger partial charge on any atom is -0.870 e. The second kappa shape index (κ2) is 15.8. The number of carbonyl (C=O) groups excluding carboxylic acids is 1. The SMILES string of the molecule is NC(N)=O.NC(N)=S.[Li+].[OH-]. The molecule has 0 unspecified atom stereocenters. The van der Waals surface area contributed by atoms with Crippen molar-refractivity contribution in [2.75, 3.05) is 0 Å². The fourth-order valence-electron chi connectivity index (χ4n) is 0. The summed E-state index contributed by atoms with van der Waals surface area (Å²) in [6.07, 6.45) is 0. The third-order valence-electron chi connectivity index (χ3n) is 0. The van der Waals surface area contributed by atoms with Gasteiger partial charge in [-0.2, -0.15) is 0 Å². The Kier molecular flexibility index (Phi) is 35.9. The standard InChI is InChI=1S/CH4N2O.CH4N2S.Li.H2O/c2*2-1(3)4;;/h2*(H4,2,3,4);;1H2/q;;+1;/p-1. The van der Waals surface area contributed by atoms with E-state index in [4.69, 9.17) is 4.79 Å². The summed E-state index contributed by atoms with van der Waals surface area (Å²) in [5.74, 6) is 0. The van der Waals surface area contributed by atoms with E-state index >= 15 is 0 Å². The molecule has 0 atom stereocenters. The van der Waals surface area contributed by atoms with Crippen molar-refractivity contribution in [3.8, 4) is 0 Å². The second-order valence-electron chi connectivity index (χ2n) is 0.805. The van der Waals surface area contributed by atoms with Crippen LogP contribution in [0, 0.1) is 0 Å². The zero-order valence-corrected chi connectivity index (χ0v) is 6.39. The zero-order chi connectivity index (χ0) is 7.15. The summed E-state index contributed by atoms with van der Waals surface area (Å²) in [5.41, 5.74) is 17.7. The molecule has 9 N–H and O–H groups in total. The van der Waals surface area contributed by atoms with Gasteiger partial charge in [0.15, 0.2) is 5.11 Å². The average Bonchev–Trinajstić information content (AvgIpc) is 1.25. The third kappa shape index (κ3) is 1370. The van der Waals surface area contributed by atoms with Gasteiger partial charge in [-0.15, -0.1) is 0 Å². The van der Waals surface area contributed by atoms with Crippen LogP contribution < -0.4 is 41.8 Å². The van der Waals surface area contributed by atoms with Crippen LogP contribution >= 0.6 is 12.2 Å². The number of urea groups is 1. The van der Waals surface area contributed by atoms with Crippen LogP contribution in [0.4, 0.5) is 4.79 Å². The van der Waals surface area contributed by atoms with E-state index < -0.39 is 6.03 Å². The normalized spacial score (nSPS) is 4.80. The van der Waals surface area contributed by atoms with E-state index in [1.54, 1.807) is 0 Å². The Bertz CT molecular complexity index is 79.3. The fourth-order valence-corrected chi connectivity index (χ4v) is 0. The number of hydrogen-bond donors (Lipinski definition) is 4. The van der Waals surface area contributed by atoms with Gasteiger partial charge in [0, 0.05) is 0 Å². The topological polar surface area (TPSA) is 151 Å². The first-order valence-corrected chi connectivity index (χ1v) is 1.97. The van der Waals surface area contributed by atoms with E-state index in [-0.39, 0.29) is 29.4 Å². The molecule has 0 bridgehead atoms. The first-order chi connectivity index (χ1) is 3.46. The van der Waals surface area contributed by atoms with E-state index in [9.17, 15) is 0 Å². The van der Waals surface area contributed by atoms with Gasteiger partial charge in [0.2, 0.25) is 0 Å². The summed E-state index contributed by atoms with van der Waals surface area (Å²) < 4.78 is 0. The third-order valence-corrected chi connectivity index (χ3v) is 0. The summed E-state index contributed by atoms with van der Waals surface area (Å²) in [6.45, 7) is 0. The van der Waals surface area contributed by atoms with E-state index in [1.807, 2.05) is 0 Å². The molecular weight excluding hydrogens is 151 g/mol. The Labute approximate surface area is 75.8 Å². The van der Waals surface area contributed by atoms with Gasteiger partial charge in [-0.05, 0) is 12.2 Å². The van der Waals surface area contributed by atoms with Crippen molar-refractivity contribution in [1.82, 2.24) is 0 Å². The van der Waals surface area contributed by atoms with Crippen LogP contribution in [0.5, 0.6) is 0 Å². The summed E-state index contributed by atoms with van der Waals surface area (Å²) in [6, 6.07) is -0.833. The summed E-state index contributed by atoms with van der Waals surface area (Å²) in [7, 11) is 0. The quantitative estimate of drug-likeness (QED) is 0.206. The molecule has 0 fully saturated rings. The van der Waals surface area contributed by atoms with Gasteiger partial charge in [0.1, 0.15) is 0 Å². The summed E-state index contributed by atoms with van der Waals surface area (Å²) >= 11 is 4.09. The Morgan fingerprint density at radius 2 is 1.10 bits per heavy atom. The Morgan fingerprint density at radius 1 is 1.10 bits per heavy atom. The zero-order valence-electron chi connectivity index (χ0n) is 5.57. The Hall–Kier alpha value is -0.483. The predicted molar refractivity (Wildman–Crippen MR) is 36.7 cm³/mol. The maximum absolute atomic E-state index is 9.00. The van der Waals surface area contributed by atoms with E-state index in [2.05, 4.69) is 35.2 Å². The molecule has 0 saturated heterocycles. The van der Waals surface area contributed by atoms with Crippen LogP contribution in [-0.4, -0.2) is 16.6 Å². The molecule has 0 spiro atoms. The largest absolute Gasteiger partial charge is 1.00 e. The van der Waals surface area contributed by atoms with Crippen molar-refractivity contribution in [3.63, 3.8) is 0 Å². The van der Waals surface area contributed by atoms with Crippen molar-refractivity contribution < 1.29 is 29.1 Å². The average molecular weight is 160 g/mol. The van der Waals surface area contributed by atoms with Crippen molar-refractivity contribution in [1.29, 1.82) is 0 Å². The number of nitrogens with two attached hydrogens (primary N) is 4. The molecule has 10 heavy (non-hydrogen) atoms. The molecule has 0 aromatic carbocycles. The van der Waals surface area contributed by atoms with Crippen molar-refractivity contribution in [2.45, 2.75) is 0 Å². The van der Waals surface area contributed by atoms with Crippen LogP contribution in [0.15, 0.2) is 0 Å². The molecule has 8 heteroatoms. The predicted octanol–water partition coefficient (Wildman–Crippen LogP) is -4.96. The Morgan fingerprint density at radius 3 is 1.10 bits per heavy atom. The number of carbonyl (C=O) groups is 1. The van der Waals surface area contributed by atoms with Gasteiger partial charge in [-0.25, -0.2) is 4.79 Å². The van der Waals surface area contributed by atoms with Crippen LogP contribution in [-0.2, 0) is 0 Å². The summed E-state index contributed by atoms with van der Waals surface area (Å²) in [4.78, 5) is 9.00. The van der Waals surface area contributed by atoms with Crippen LogP contribution in [0.25, 0.3) is 0 Å². The number of thiocarbonyl (C=S) groups is 1. The molecule has 0 rings (SSSR count). The second-order valence-corrected chi connectivity index (χ2v) is 1.28. The van der Waals surface area contributed by atoms with E-state index in [1.165, 1.54) is 0 Å². The number of amides is 2. The number of primary amides is 2. The number of hydrogen-bond acceptors (Lipinski definition) is 3. The van der Waals surface area contributed by atoms with Crippen molar-refractivity contribution >= 4 is 23.4 Å². The van der Waals surface area contributed by atoms with Crippen LogP contribution in [0.3, 0.4) is 0 Å². The summed E-state index contributed by atoms with van der Waals surface area (Å²) in [5, 5.41) is 0.000000000000000222. The maximum atomic E-state index is 9.00. The van der Waals surface area contributed by atoms with Crippen molar-refractivity contribution in [3.05, 3.63) is 0 Å². The minimum atomic E-state index is -0.833. The molecule has 0 aliphatic carbocycles. The van der Waals surface area contributed by atoms with Crippen LogP contribution in [0.1, 0.15) is 0 Å². The molecule has 0 aromatic heterocycles. The van der Waals surface area contributed by atoms with E-state index in [0.717, 1.165) is 0 Å². The van der Waals surface area contributed by atoms with Gasteiger partial charge in [-0.1, -0.05) is 0 Å². The smallest absolute Gasteiger partial charge is 0.870 e. The molecule has 2 amide bonds.